The van der Waals surface area contributed by atoms with Crippen LogP contribution in [0.4, 0.5) is 0 Å². The molecule has 116 valence electrons. The number of carbonyl (C=O) groups is 1. The fourth-order valence-corrected chi connectivity index (χ4v) is 2.87. The van der Waals surface area contributed by atoms with E-state index < -0.39 is 0 Å². The van der Waals surface area contributed by atoms with Crippen LogP contribution in [0.25, 0.3) is 0 Å². The molecular weight excluding hydrogens is 311 g/mol. The number of ether oxygens (including phenoxy) is 1. The van der Waals surface area contributed by atoms with Crippen molar-refractivity contribution in [3.63, 3.8) is 0 Å². The number of likely N-dealkylation sites (tertiary alicyclic amines) is 1. The summed E-state index contributed by atoms with van der Waals surface area (Å²) in [6.07, 6.45) is 2.17. The quantitative estimate of drug-likeness (QED) is 0.816. The molecule has 1 aromatic carbocycles. The Morgan fingerprint density at radius 2 is 2.24 bits per heavy atom. The van der Waals surface area contributed by atoms with Crippen LogP contribution in [0.3, 0.4) is 0 Å². The van der Waals surface area contributed by atoms with Crippen LogP contribution in [0, 0.1) is 5.92 Å². The lowest BCUT2D eigenvalue weighted by molar-refractivity contribution is -0.130. The number of amides is 1. The van der Waals surface area contributed by atoms with Gasteiger partial charge in [0.1, 0.15) is 5.75 Å². The third kappa shape index (κ3) is 4.77. The van der Waals surface area contributed by atoms with Gasteiger partial charge in [0.25, 0.3) is 0 Å². The molecule has 1 saturated heterocycles. The Morgan fingerprint density at radius 1 is 1.43 bits per heavy atom. The monoisotopic (exact) mass is 330 g/mol. The zero-order chi connectivity index (χ0) is 15.2. The Morgan fingerprint density at radius 3 is 2.90 bits per heavy atom. The molecule has 0 aromatic heterocycles. The Kier molecular flexibility index (Phi) is 6.15. The van der Waals surface area contributed by atoms with Gasteiger partial charge >= 0.3 is 0 Å². The zero-order valence-electron chi connectivity index (χ0n) is 11.9. The van der Waals surface area contributed by atoms with Gasteiger partial charge in [0.2, 0.25) is 5.91 Å². The van der Waals surface area contributed by atoms with Gasteiger partial charge in [0.05, 0.1) is 11.6 Å². The minimum atomic E-state index is 0.178. The number of hydrogen-bond donors (Lipinski definition) is 1. The van der Waals surface area contributed by atoms with Gasteiger partial charge in [-0.25, -0.2) is 0 Å². The molecule has 1 fully saturated rings. The van der Waals surface area contributed by atoms with Crippen LogP contribution >= 0.6 is 23.2 Å². The number of nitrogens with two attached hydrogens (primary N) is 1. The van der Waals surface area contributed by atoms with Gasteiger partial charge in [-0.2, -0.15) is 0 Å². The van der Waals surface area contributed by atoms with E-state index in [9.17, 15) is 4.79 Å². The number of nitrogens with zero attached hydrogens (tertiary/aromatic N) is 1. The highest BCUT2D eigenvalue weighted by atomic mass is 35.5. The normalized spacial score (nSPS) is 18.0. The maximum atomic E-state index is 12.0. The Hall–Kier alpha value is -0.970. The van der Waals surface area contributed by atoms with Gasteiger partial charge < -0.3 is 15.4 Å². The van der Waals surface area contributed by atoms with E-state index in [1.807, 2.05) is 4.90 Å². The molecule has 2 N–H and O–H groups in total. The first-order valence-corrected chi connectivity index (χ1v) is 7.91. The van der Waals surface area contributed by atoms with Crippen molar-refractivity contribution in [2.24, 2.45) is 11.7 Å². The molecular formula is C15H20Cl2N2O2. The van der Waals surface area contributed by atoms with E-state index in [2.05, 4.69) is 0 Å². The van der Waals surface area contributed by atoms with Crippen molar-refractivity contribution >= 4 is 29.1 Å². The van der Waals surface area contributed by atoms with Gasteiger partial charge in [-0.1, -0.05) is 23.2 Å². The summed E-state index contributed by atoms with van der Waals surface area (Å²) in [5, 5.41) is 1.06. The number of halogens is 2. The van der Waals surface area contributed by atoms with Crippen molar-refractivity contribution in [3.8, 4) is 5.75 Å². The molecule has 1 aliphatic rings. The third-order valence-electron chi connectivity index (χ3n) is 3.66. The SMILES string of the molecule is NC[C@@H]1CCN(C(=O)CCCOc2ccc(Cl)cc2Cl)C1. The van der Waals surface area contributed by atoms with E-state index in [-0.39, 0.29) is 5.91 Å². The summed E-state index contributed by atoms with van der Waals surface area (Å²) in [7, 11) is 0. The van der Waals surface area contributed by atoms with Gasteiger partial charge in [-0.05, 0) is 43.5 Å². The Bertz CT molecular complexity index is 497. The standard InChI is InChI=1S/C15H20Cl2N2O2/c16-12-3-4-14(13(17)8-12)21-7-1-2-15(20)19-6-5-11(9-18)10-19/h3-4,8,11H,1-2,5-7,9-10,18H2/t11-/m0/s1. The molecule has 4 nitrogen and oxygen atoms in total. The lowest BCUT2D eigenvalue weighted by atomic mass is 10.1. The predicted molar refractivity (Wildman–Crippen MR) is 84.9 cm³/mol. The topological polar surface area (TPSA) is 55.6 Å². The van der Waals surface area contributed by atoms with Gasteiger partial charge in [0.15, 0.2) is 0 Å². The Labute approximate surface area is 135 Å². The van der Waals surface area contributed by atoms with E-state index in [0.717, 1.165) is 19.5 Å². The summed E-state index contributed by atoms with van der Waals surface area (Å²) in [6.45, 7) is 2.73. The molecule has 0 aliphatic carbocycles. The first-order valence-electron chi connectivity index (χ1n) is 7.16. The summed E-state index contributed by atoms with van der Waals surface area (Å²) in [6, 6.07) is 5.10. The second-order valence-electron chi connectivity index (χ2n) is 5.26. The number of benzene rings is 1. The summed E-state index contributed by atoms with van der Waals surface area (Å²) in [5.74, 6) is 1.23. The highest BCUT2D eigenvalue weighted by molar-refractivity contribution is 6.35. The van der Waals surface area contributed by atoms with Crippen molar-refractivity contribution in [1.29, 1.82) is 0 Å². The molecule has 21 heavy (non-hydrogen) atoms. The van der Waals surface area contributed by atoms with Crippen molar-refractivity contribution in [2.75, 3.05) is 26.2 Å². The highest BCUT2D eigenvalue weighted by Crippen LogP contribution is 2.27. The van der Waals surface area contributed by atoms with E-state index >= 15 is 0 Å². The highest BCUT2D eigenvalue weighted by Gasteiger charge is 2.24. The molecule has 1 aliphatic heterocycles. The minimum Gasteiger partial charge on any atom is -0.492 e. The fourth-order valence-electron chi connectivity index (χ4n) is 2.41. The summed E-state index contributed by atoms with van der Waals surface area (Å²) in [5.41, 5.74) is 5.63. The largest absolute Gasteiger partial charge is 0.492 e. The minimum absolute atomic E-state index is 0.178. The molecule has 0 unspecified atom stereocenters. The van der Waals surface area contributed by atoms with E-state index in [4.69, 9.17) is 33.7 Å². The smallest absolute Gasteiger partial charge is 0.222 e. The maximum Gasteiger partial charge on any atom is 0.222 e. The van der Waals surface area contributed by atoms with Crippen molar-refractivity contribution in [3.05, 3.63) is 28.2 Å². The van der Waals surface area contributed by atoms with E-state index in [1.54, 1.807) is 18.2 Å². The van der Waals surface area contributed by atoms with Crippen molar-refractivity contribution in [2.45, 2.75) is 19.3 Å². The van der Waals surface area contributed by atoms with Crippen LogP contribution in [0.15, 0.2) is 18.2 Å². The number of rotatable bonds is 6. The average Bonchev–Trinajstić information content (AvgIpc) is 2.94. The Balaban J connectivity index is 1.69. The molecule has 1 heterocycles. The fraction of sp³-hybridized carbons (Fsp3) is 0.533. The molecule has 0 bridgehead atoms. The van der Waals surface area contributed by atoms with Crippen LogP contribution < -0.4 is 10.5 Å². The number of hydrogen-bond acceptors (Lipinski definition) is 3. The molecule has 1 atom stereocenters. The van der Waals surface area contributed by atoms with Gasteiger partial charge in [-0.3, -0.25) is 4.79 Å². The summed E-state index contributed by atoms with van der Waals surface area (Å²) >= 11 is 11.8. The first-order chi connectivity index (χ1) is 10.1. The molecule has 6 heteroatoms. The number of carbonyl (C=O) groups excluding carboxylic acids is 1. The van der Waals surface area contributed by atoms with Crippen molar-refractivity contribution < 1.29 is 9.53 Å². The van der Waals surface area contributed by atoms with Crippen LogP contribution in [0.2, 0.25) is 10.0 Å². The molecule has 2 rings (SSSR count). The second kappa shape index (κ2) is 7.87. The lowest BCUT2D eigenvalue weighted by Gasteiger charge is -2.16. The van der Waals surface area contributed by atoms with Crippen LogP contribution in [-0.2, 0) is 4.79 Å². The predicted octanol–water partition coefficient (Wildman–Crippen LogP) is 2.96. The maximum absolute atomic E-state index is 12.0. The van der Waals surface area contributed by atoms with Crippen LogP contribution in [-0.4, -0.2) is 37.0 Å². The third-order valence-corrected chi connectivity index (χ3v) is 4.19. The first kappa shape index (κ1) is 16.4. The summed E-state index contributed by atoms with van der Waals surface area (Å²) < 4.78 is 5.57. The molecule has 1 aromatic rings. The van der Waals surface area contributed by atoms with Gasteiger partial charge in [-0.15, -0.1) is 0 Å². The van der Waals surface area contributed by atoms with Crippen molar-refractivity contribution in [1.82, 2.24) is 4.90 Å². The average molecular weight is 331 g/mol. The van der Waals surface area contributed by atoms with E-state index in [0.29, 0.717) is 47.7 Å². The lowest BCUT2D eigenvalue weighted by Crippen LogP contribution is -2.29. The molecule has 0 saturated carbocycles. The van der Waals surface area contributed by atoms with Crippen LogP contribution in [0.5, 0.6) is 5.75 Å². The molecule has 1 amide bonds. The summed E-state index contributed by atoms with van der Waals surface area (Å²) in [4.78, 5) is 13.9. The van der Waals surface area contributed by atoms with Crippen LogP contribution in [0.1, 0.15) is 19.3 Å². The van der Waals surface area contributed by atoms with Gasteiger partial charge in [0, 0.05) is 24.5 Å². The molecule has 0 spiro atoms. The zero-order valence-corrected chi connectivity index (χ0v) is 13.4. The second-order valence-corrected chi connectivity index (χ2v) is 6.10. The van der Waals surface area contributed by atoms with E-state index in [1.165, 1.54) is 0 Å². The molecule has 0 radical (unpaired) electrons.